The largest absolute Gasteiger partial charge is 0.280 e. The van der Waals surface area contributed by atoms with Crippen molar-refractivity contribution < 1.29 is 12.8 Å². The van der Waals surface area contributed by atoms with E-state index in [4.69, 9.17) is 5.26 Å². The van der Waals surface area contributed by atoms with Gasteiger partial charge in [0, 0.05) is 0 Å². The van der Waals surface area contributed by atoms with Crippen LogP contribution in [0, 0.1) is 17.1 Å². The first-order valence-electron chi connectivity index (χ1n) is 5.40. The topological polar surface area (TPSA) is 70.0 Å². The molecule has 0 aromatic heterocycles. The lowest BCUT2D eigenvalue weighted by molar-refractivity contribution is 0.601. The Morgan fingerprint density at radius 1 is 1.20 bits per heavy atom. The van der Waals surface area contributed by atoms with Gasteiger partial charge in [0.1, 0.15) is 5.82 Å². The van der Waals surface area contributed by atoms with Crippen LogP contribution in [0.15, 0.2) is 51.8 Å². The van der Waals surface area contributed by atoms with Gasteiger partial charge in [0.2, 0.25) is 0 Å². The lowest BCUT2D eigenvalue weighted by atomic mass is 10.2. The van der Waals surface area contributed by atoms with E-state index in [0.29, 0.717) is 0 Å². The summed E-state index contributed by atoms with van der Waals surface area (Å²) in [7, 11) is -3.82. The fourth-order valence-corrected chi connectivity index (χ4v) is 2.98. The number of sulfonamides is 1. The monoisotopic (exact) mass is 354 g/mol. The van der Waals surface area contributed by atoms with Gasteiger partial charge < -0.3 is 0 Å². The molecule has 0 heterocycles. The van der Waals surface area contributed by atoms with Crippen molar-refractivity contribution in [3.05, 3.63) is 58.3 Å². The first kappa shape index (κ1) is 14.5. The van der Waals surface area contributed by atoms with Crippen LogP contribution in [0.3, 0.4) is 0 Å². The number of rotatable bonds is 3. The van der Waals surface area contributed by atoms with Gasteiger partial charge in [0.25, 0.3) is 10.0 Å². The highest BCUT2D eigenvalue weighted by Gasteiger charge is 2.15. The predicted molar refractivity (Wildman–Crippen MR) is 76.1 cm³/mol. The van der Waals surface area contributed by atoms with Gasteiger partial charge in [-0.15, -0.1) is 0 Å². The van der Waals surface area contributed by atoms with Crippen LogP contribution in [0.2, 0.25) is 0 Å². The zero-order valence-corrected chi connectivity index (χ0v) is 12.4. The molecule has 0 saturated carbocycles. The predicted octanol–water partition coefficient (Wildman–Crippen LogP) is 3.26. The summed E-state index contributed by atoms with van der Waals surface area (Å²) in [6, 6.07) is 11.3. The Kier molecular flexibility index (Phi) is 4.06. The van der Waals surface area contributed by atoms with E-state index in [1.54, 1.807) is 0 Å². The average molecular weight is 355 g/mol. The molecule has 0 atom stereocenters. The molecule has 20 heavy (non-hydrogen) atoms. The molecule has 0 unspecified atom stereocenters. The molecule has 2 aromatic carbocycles. The molecule has 0 aliphatic heterocycles. The summed E-state index contributed by atoms with van der Waals surface area (Å²) in [5.41, 5.74) is 0.466. The SMILES string of the molecule is N#Cc1cccc(S(=O)(=O)Nc2ccc(F)c(Br)c2)c1. The fourth-order valence-electron chi connectivity index (χ4n) is 1.51. The smallest absolute Gasteiger partial charge is 0.261 e. The minimum Gasteiger partial charge on any atom is -0.280 e. The Morgan fingerprint density at radius 3 is 2.60 bits per heavy atom. The number of anilines is 1. The minimum atomic E-state index is -3.82. The van der Waals surface area contributed by atoms with Crippen LogP contribution in [-0.2, 0) is 10.0 Å². The molecular weight excluding hydrogens is 347 g/mol. The molecule has 2 rings (SSSR count). The number of halogens is 2. The van der Waals surface area contributed by atoms with Gasteiger partial charge in [-0.3, -0.25) is 4.72 Å². The Morgan fingerprint density at radius 2 is 1.95 bits per heavy atom. The molecule has 102 valence electrons. The standard InChI is InChI=1S/C13H8BrFN2O2S/c14-12-7-10(4-5-13(12)15)17-20(18,19)11-3-1-2-9(6-11)8-16/h1-7,17H. The molecule has 0 fully saturated rings. The summed E-state index contributed by atoms with van der Waals surface area (Å²) in [4.78, 5) is -0.0306. The maximum Gasteiger partial charge on any atom is 0.261 e. The second-order valence-electron chi connectivity index (χ2n) is 3.87. The second-order valence-corrected chi connectivity index (χ2v) is 6.41. The first-order valence-corrected chi connectivity index (χ1v) is 7.68. The Hall–Kier alpha value is -1.91. The molecular formula is C13H8BrFN2O2S. The second kappa shape index (κ2) is 5.61. The van der Waals surface area contributed by atoms with Gasteiger partial charge in [-0.25, -0.2) is 12.8 Å². The number of hydrogen-bond donors (Lipinski definition) is 1. The summed E-state index contributed by atoms with van der Waals surface area (Å²) >= 11 is 2.98. The van der Waals surface area contributed by atoms with E-state index in [-0.39, 0.29) is 20.6 Å². The zero-order chi connectivity index (χ0) is 14.8. The van der Waals surface area contributed by atoms with E-state index >= 15 is 0 Å². The minimum absolute atomic E-state index is 0.0306. The molecule has 0 aliphatic carbocycles. The molecule has 4 nitrogen and oxygen atoms in total. The van der Waals surface area contributed by atoms with Crippen molar-refractivity contribution in [3.63, 3.8) is 0 Å². The van der Waals surface area contributed by atoms with Crippen molar-refractivity contribution in [2.45, 2.75) is 4.90 Å². The van der Waals surface area contributed by atoms with Gasteiger partial charge in [-0.1, -0.05) is 6.07 Å². The first-order chi connectivity index (χ1) is 9.42. The molecule has 2 aromatic rings. The van der Waals surface area contributed by atoms with E-state index in [1.807, 2.05) is 6.07 Å². The van der Waals surface area contributed by atoms with E-state index in [1.165, 1.54) is 36.4 Å². The van der Waals surface area contributed by atoms with Crippen LogP contribution in [-0.4, -0.2) is 8.42 Å². The van der Waals surface area contributed by atoms with Crippen LogP contribution in [0.5, 0.6) is 0 Å². The number of benzene rings is 2. The fraction of sp³-hybridized carbons (Fsp3) is 0. The number of nitriles is 1. The van der Waals surface area contributed by atoms with Crippen molar-refractivity contribution in [2.24, 2.45) is 0 Å². The summed E-state index contributed by atoms with van der Waals surface area (Å²) in [6.45, 7) is 0. The van der Waals surface area contributed by atoms with E-state index in [0.717, 1.165) is 6.07 Å². The van der Waals surface area contributed by atoms with Gasteiger partial charge in [-0.2, -0.15) is 5.26 Å². The highest BCUT2D eigenvalue weighted by Crippen LogP contribution is 2.22. The Labute approximate surface area is 124 Å². The van der Waals surface area contributed by atoms with Crippen LogP contribution < -0.4 is 4.72 Å². The van der Waals surface area contributed by atoms with Gasteiger partial charge >= 0.3 is 0 Å². The van der Waals surface area contributed by atoms with Crippen molar-refractivity contribution in [3.8, 4) is 6.07 Å². The van der Waals surface area contributed by atoms with E-state index in [2.05, 4.69) is 20.7 Å². The highest BCUT2D eigenvalue weighted by molar-refractivity contribution is 9.10. The molecule has 0 spiro atoms. The van der Waals surface area contributed by atoms with Crippen molar-refractivity contribution in [1.82, 2.24) is 0 Å². The summed E-state index contributed by atoms with van der Waals surface area (Å²) in [5, 5.41) is 8.77. The van der Waals surface area contributed by atoms with Crippen molar-refractivity contribution in [1.29, 1.82) is 5.26 Å². The highest BCUT2D eigenvalue weighted by atomic mass is 79.9. The summed E-state index contributed by atoms with van der Waals surface area (Å²) in [5.74, 6) is -0.487. The third-order valence-corrected chi connectivity index (χ3v) is 4.43. The van der Waals surface area contributed by atoms with Crippen LogP contribution in [0.4, 0.5) is 10.1 Å². The van der Waals surface area contributed by atoms with Crippen LogP contribution in [0.25, 0.3) is 0 Å². The lowest BCUT2D eigenvalue weighted by Gasteiger charge is -2.08. The molecule has 1 N–H and O–H groups in total. The Bertz CT molecular complexity index is 800. The number of nitrogens with one attached hydrogen (secondary N) is 1. The zero-order valence-electron chi connectivity index (χ0n) is 9.97. The van der Waals surface area contributed by atoms with Crippen LogP contribution in [0.1, 0.15) is 5.56 Å². The number of hydrogen-bond acceptors (Lipinski definition) is 3. The van der Waals surface area contributed by atoms with Gasteiger partial charge in [0.05, 0.1) is 26.7 Å². The van der Waals surface area contributed by atoms with E-state index < -0.39 is 15.8 Å². The van der Waals surface area contributed by atoms with Gasteiger partial charge in [0.15, 0.2) is 0 Å². The van der Waals surface area contributed by atoms with E-state index in [9.17, 15) is 12.8 Å². The Balaban J connectivity index is 2.35. The number of nitrogens with zero attached hydrogens (tertiary/aromatic N) is 1. The maximum absolute atomic E-state index is 13.1. The van der Waals surface area contributed by atoms with Gasteiger partial charge in [-0.05, 0) is 52.3 Å². The third kappa shape index (κ3) is 3.15. The molecule has 7 heteroatoms. The van der Waals surface area contributed by atoms with Crippen LogP contribution >= 0.6 is 15.9 Å². The quantitative estimate of drug-likeness (QED) is 0.919. The molecule has 0 bridgehead atoms. The van der Waals surface area contributed by atoms with Crippen molar-refractivity contribution >= 4 is 31.6 Å². The molecule has 0 aliphatic rings. The summed E-state index contributed by atoms with van der Waals surface area (Å²) in [6.07, 6.45) is 0. The maximum atomic E-state index is 13.1. The normalized spacial score (nSPS) is 10.8. The molecule has 0 radical (unpaired) electrons. The molecule has 0 amide bonds. The average Bonchev–Trinajstić information content (AvgIpc) is 2.43. The summed E-state index contributed by atoms with van der Waals surface area (Å²) < 4.78 is 39.8. The van der Waals surface area contributed by atoms with Crippen molar-refractivity contribution in [2.75, 3.05) is 4.72 Å². The third-order valence-electron chi connectivity index (χ3n) is 2.45. The molecule has 0 saturated heterocycles. The lowest BCUT2D eigenvalue weighted by Crippen LogP contribution is -2.13.